The summed E-state index contributed by atoms with van der Waals surface area (Å²) >= 11 is 0. The molecule has 10 aromatic rings. The van der Waals surface area contributed by atoms with E-state index in [4.69, 9.17) is 8.83 Å². The van der Waals surface area contributed by atoms with E-state index >= 15 is 0 Å². The van der Waals surface area contributed by atoms with Gasteiger partial charge in [0.05, 0.1) is 5.41 Å². The maximum absolute atomic E-state index is 6.56. The van der Waals surface area contributed by atoms with E-state index < -0.39 is 5.41 Å². The van der Waals surface area contributed by atoms with E-state index in [1.807, 2.05) is 12.1 Å². The monoisotopic (exact) mass is 648 g/mol. The molecule has 2 heterocycles. The Balaban J connectivity index is 1.15. The number of para-hydroxylation sites is 4. The van der Waals surface area contributed by atoms with Gasteiger partial charge in [-0.3, -0.25) is 0 Å². The topological polar surface area (TPSA) is 26.3 Å². The van der Waals surface area contributed by atoms with Gasteiger partial charge in [-0.25, -0.2) is 0 Å². The van der Waals surface area contributed by atoms with Crippen LogP contribution in [0.5, 0.6) is 0 Å². The van der Waals surface area contributed by atoms with Crippen LogP contribution < -0.4 is 0 Å². The van der Waals surface area contributed by atoms with Gasteiger partial charge < -0.3 is 8.83 Å². The molecule has 12 rings (SSSR count). The zero-order chi connectivity index (χ0) is 33.3. The minimum atomic E-state index is -0.493. The van der Waals surface area contributed by atoms with Crippen LogP contribution in [0.3, 0.4) is 0 Å². The summed E-state index contributed by atoms with van der Waals surface area (Å²) in [4.78, 5) is 0. The molecule has 2 heteroatoms. The Morgan fingerprint density at radius 2 is 0.686 bits per heavy atom. The third kappa shape index (κ3) is 3.42. The van der Waals surface area contributed by atoms with E-state index in [2.05, 4.69) is 158 Å². The minimum absolute atomic E-state index is 0.493. The molecule has 2 aromatic heterocycles. The first-order valence-electron chi connectivity index (χ1n) is 17.6. The minimum Gasteiger partial charge on any atom is -0.455 e. The van der Waals surface area contributed by atoms with E-state index in [1.54, 1.807) is 0 Å². The smallest absolute Gasteiger partial charge is 0.143 e. The van der Waals surface area contributed by atoms with Crippen molar-refractivity contribution in [1.29, 1.82) is 0 Å². The molecule has 0 atom stereocenters. The third-order valence-corrected chi connectivity index (χ3v) is 11.5. The number of benzene rings is 8. The molecule has 0 radical (unpaired) electrons. The molecule has 2 nitrogen and oxygen atoms in total. The Morgan fingerprint density at radius 1 is 0.294 bits per heavy atom. The Labute approximate surface area is 293 Å². The fraction of sp³-hybridized carbons (Fsp3) is 0.0204. The van der Waals surface area contributed by atoms with Crippen molar-refractivity contribution in [3.63, 3.8) is 0 Å². The normalized spacial score (nSPS) is 13.6. The lowest BCUT2D eigenvalue weighted by Crippen LogP contribution is -2.26. The number of rotatable bonds is 2. The summed E-state index contributed by atoms with van der Waals surface area (Å²) in [5.41, 5.74) is 18.1. The van der Waals surface area contributed by atoms with E-state index in [0.717, 1.165) is 66.1 Å². The van der Waals surface area contributed by atoms with Crippen molar-refractivity contribution >= 4 is 43.9 Å². The summed E-state index contributed by atoms with van der Waals surface area (Å²) in [6, 6.07) is 61.8. The second kappa shape index (κ2) is 9.74. The van der Waals surface area contributed by atoms with Crippen LogP contribution in [0.15, 0.2) is 179 Å². The number of hydrogen-bond donors (Lipinski definition) is 0. The fourth-order valence-electron chi connectivity index (χ4n) is 9.42. The first-order valence-corrected chi connectivity index (χ1v) is 17.6. The lowest BCUT2D eigenvalue weighted by atomic mass is 9.70. The molecule has 0 saturated carbocycles. The standard InChI is InChI=1S/C49H28O2/c1-5-19-41-33(11-1)35-25-23-29(31-15-9-17-39-37-13-3-7-21-45(37)50-47(31)39)27-43(35)49(41)42-20-6-2-12-34(42)36-26-24-30(28-44(36)49)32-16-10-18-40-38-14-4-8-22-46(38)51-48(32)40/h1-28H. The van der Waals surface area contributed by atoms with Gasteiger partial charge in [0.1, 0.15) is 22.3 Å². The molecule has 2 aliphatic rings. The highest BCUT2D eigenvalue weighted by Gasteiger charge is 2.51. The van der Waals surface area contributed by atoms with Crippen molar-refractivity contribution in [3.05, 3.63) is 192 Å². The number of fused-ring (bicyclic) bond motifs is 16. The summed E-state index contributed by atoms with van der Waals surface area (Å²) in [7, 11) is 0. The van der Waals surface area contributed by atoms with Crippen molar-refractivity contribution in [2.75, 3.05) is 0 Å². The molecule has 2 aliphatic carbocycles. The summed E-state index contributed by atoms with van der Waals surface area (Å²) in [6.07, 6.45) is 0. The summed E-state index contributed by atoms with van der Waals surface area (Å²) in [5.74, 6) is 0. The quantitative estimate of drug-likeness (QED) is 0.186. The lowest BCUT2D eigenvalue weighted by molar-refractivity contribution is 0.669. The van der Waals surface area contributed by atoms with E-state index in [1.165, 1.54) is 44.5 Å². The van der Waals surface area contributed by atoms with Crippen LogP contribution in [0, 0.1) is 0 Å². The van der Waals surface area contributed by atoms with Gasteiger partial charge in [0.2, 0.25) is 0 Å². The van der Waals surface area contributed by atoms with Gasteiger partial charge >= 0.3 is 0 Å². The fourth-order valence-corrected chi connectivity index (χ4v) is 9.42. The number of furan rings is 2. The van der Waals surface area contributed by atoms with Gasteiger partial charge in [0, 0.05) is 32.7 Å². The molecule has 8 aromatic carbocycles. The van der Waals surface area contributed by atoms with Crippen LogP contribution in [-0.4, -0.2) is 0 Å². The average molecular weight is 649 g/mol. The Kier molecular flexibility index (Phi) is 5.20. The van der Waals surface area contributed by atoms with Crippen molar-refractivity contribution < 1.29 is 8.83 Å². The van der Waals surface area contributed by atoms with Crippen LogP contribution >= 0.6 is 0 Å². The van der Waals surface area contributed by atoms with Gasteiger partial charge in [0.15, 0.2) is 0 Å². The van der Waals surface area contributed by atoms with Crippen molar-refractivity contribution in [2.24, 2.45) is 0 Å². The Morgan fingerprint density at radius 3 is 1.20 bits per heavy atom. The van der Waals surface area contributed by atoms with Crippen LogP contribution in [0.4, 0.5) is 0 Å². The van der Waals surface area contributed by atoms with Crippen molar-refractivity contribution in [2.45, 2.75) is 5.41 Å². The molecule has 0 saturated heterocycles. The van der Waals surface area contributed by atoms with Gasteiger partial charge in [-0.05, 0) is 79.9 Å². The maximum Gasteiger partial charge on any atom is 0.143 e. The molecular formula is C49H28O2. The first-order chi connectivity index (χ1) is 25.3. The molecule has 0 N–H and O–H groups in total. The van der Waals surface area contributed by atoms with Gasteiger partial charge in [-0.1, -0.05) is 146 Å². The van der Waals surface area contributed by atoms with Gasteiger partial charge in [-0.15, -0.1) is 0 Å². The van der Waals surface area contributed by atoms with E-state index in [-0.39, 0.29) is 0 Å². The zero-order valence-electron chi connectivity index (χ0n) is 27.5. The van der Waals surface area contributed by atoms with Crippen molar-refractivity contribution in [3.8, 4) is 44.5 Å². The largest absolute Gasteiger partial charge is 0.455 e. The Hall–Kier alpha value is -6.64. The summed E-state index contributed by atoms with van der Waals surface area (Å²) < 4.78 is 13.1. The third-order valence-electron chi connectivity index (χ3n) is 11.5. The average Bonchev–Trinajstić information content (AvgIpc) is 3.92. The highest BCUT2D eigenvalue weighted by atomic mass is 16.3. The molecule has 0 unspecified atom stereocenters. The first kappa shape index (κ1) is 27.2. The van der Waals surface area contributed by atoms with Crippen LogP contribution in [0.2, 0.25) is 0 Å². The molecule has 51 heavy (non-hydrogen) atoms. The second-order valence-corrected chi connectivity index (χ2v) is 13.9. The Bertz CT molecular complexity index is 2890. The predicted octanol–water partition coefficient (Wildman–Crippen LogP) is 13.2. The van der Waals surface area contributed by atoms with E-state index in [0.29, 0.717) is 0 Å². The second-order valence-electron chi connectivity index (χ2n) is 13.9. The highest BCUT2D eigenvalue weighted by Crippen LogP contribution is 2.63. The summed E-state index contributed by atoms with van der Waals surface area (Å²) in [6.45, 7) is 0. The molecular weight excluding hydrogens is 621 g/mol. The van der Waals surface area contributed by atoms with Crippen LogP contribution in [0.25, 0.3) is 88.4 Å². The zero-order valence-corrected chi connectivity index (χ0v) is 27.5. The van der Waals surface area contributed by atoms with Crippen molar-refractivity contribution in [1.82, 2.24) is 0 Å². The molecule has 0 amide bonds. The lowest BCUT2D eigenvalue weighted by Gasteiger charge is -2.31. The number of hydrogen-bond acceptors (Lipinski definition) is 2. The van der Waals surface area contributed by atoms with Crippen LogP contribution in [0.1, 0.15) is 22.3 Å². The van der Waals surface area contributed by atoms with Gasteiger partial charge in [-0.2, -0.15) is 0 Å². The van der Waals surface area contributed by atoms with E-state index in [9.17, 15) is 0 Å². The molecule has 1 spiro atoms. The maximum atomic E-state index is 6.56. The van der Waals surface area contributed by atoms with Gasteiger partial charge in [0.25, 0.3) is 0 Å². The molecule has 0 bridgehead atoms. The van der Waals surface area contributed by atoms with Crippen LogP contribution in [-0.2, 0) is 5.41 Å². The molecule has 236 valence electrons. The predicted molar refractivity (Wildman–Crippen MR) is 208 cm³/mol. The molecule has 0 aliphatic heterocycles. The highest BCUT2D eigenvalue weighted by molar-refractivity contribution is 6.11. The SMILES string of the molecule is c1ccc2c(c1)-c1ccc(-c3cccc4c3oc3ccccc34)cc1C21c2ccccc2-c2ccc(-c3cccc4c3oc3ccccc34)cc21. The molecule has 0 fully saturated rings. The summed E-state index contributed by atoms with van der Waals surface area (Å²) in [5, 5.41) is 4.57.